The summed E-state index contributed by atoms with van der Waals surface area (Å²) in [5.41, 5.74) is 4.83. The average molecular weight is 485 g/mol. The Kier molecular flexibility index (Phi) is 6.54. The van der Waals surface area contributed by atoms with Crippen LogP contribution in [0.4, 0.5) is 17.6 Å². The Morgan fingerprint density at radius 3 is 2.09 bits per heavy atom. The molecule has 2 N–H and O–H groups in total. The summed E-state index contributed by atoms with van der Waals surface area (Å²) in [4.78, 5) is 26.5. The predicted molar refractivity (Wildman–Crippen MR) is 119 cm³/mol. The van der Waals surface area contributed by atoms with E-state index in [1.807, 2.05) is 36.5 Å². The normalized spacial score (nSPS) is 13.1. The van der Waals surface area contributed by atoms with Gasteiger partial charge in [-0.3, -0.25) is 9.20 Å². The molecule has 0 atom stereocenters. The molecular weight excluding hydrogens is 466 g/mol. The highest BCUT2D eigenvalue weighted by atomic mass is 19.4. The van der Waals surface area contributed by atoms with Gasteiger partial charge in [-0.15, -0.1) is 0 Å². The Hall–Kier alpha value is -4.21. The predicted octanol–water partition coefficient (Wildman–Crippen LogP) is 4.67. The van der Waals surface area contributed by atoms with Crippen molar-refractivity contribution < 1.29 is 32.3 Å². The van der Waals surface area contributed by atoms with Gasteiger partial charge in [0, 0.05) is 17.8 Å². The first kappa shape index (κ1) is 23.9. The molecule has 1 aliphatic rings. The van der Waals surface area contributed by atoms with E-state index in [0.717, 1.165) is 23.9 Å². The Labute approximate surface area is 196 Å². The molecule has 5 rings (SSSR count). The van der Waals surface area contributed by atoms with Crippen molar-refractivity contribution in [1.29, 1.82) is 0 Å². The van der Waals surface area contributed by atoms with Crippen molar-refractivity contribution in [2.45, 2.75) is 25.1 Å². The molecule has 0 spiro atoms. The monoisotopic (exact) mass is 485 g/mol. The zero-order chi connectivity index (χ0) is 25.2. The van der Waals surface area contributed by atoms with E-state index in [1.54, 1.807) is 16.5 Å². The van der Waals surface area contributed by atoms with Gasteiger partial charge in [-0.05, 0) is 60.4 Å². The third kappa shape index (κ3) is 5.32. The van der Waals surface area contributed by atoms with Crippen molar-refractivity contribution in [2.75, 3.05) is 0 Å². The number of fused-ring (bicyclic) bond motifs is 2. The van der Waals surface area contributed by atoms with Crippen LogP contribution in [0.25, 0.3) is 16.8 Å². The number of carboxylic acid groups (broad SMARTS) is 1. The molecule has 2 aromatic heterocycles. The number of pyridine rings is 1. The number of rotatable bonds is 3. The number of aromatic nitrogens is 2. The molecule has 35 heavy (non-hydrogen) atoms. The Morgan fingerprint density at radius 2 is 1.51 bits per heavy atom. The van der Waals surface area contributed by atoms with E-state index < -0.39 is 12.1 Å². The van der Waals surface area contributed by atoms with Crippen molar-refractivity contribution in [3.05, 3.63) is 95.7 Å². The highest BCUT2D eigenvalue weighted by Crippen LogP contribution is 2.26. The lowest BCUT2D eigenvalue weighted by molar-refractivity contribution is -0.192. The van der Waals surface area contributed by atoms with E-state index in [-0.39, 0.29) is 17.8 Å². The van der Waals surface area contributed by atoms with E-state index in [4.69, 9.17) is 9.90 Å². The zero-order valence-electron chi connectivity index (χ0n) is 18.1. The summed E-state index contributed by atoms with van der Waals surface area (Å²) >= 11 is 0. The maximum Gasteiger partial charge on any atom is 0.490 e. The summed E-state index contributed by atoms with van der Waals surface area (Å²) in [6.45, 7) is 0. The number of hydrogen-bond donors (Lipinski definition) is 2. The maximum absolute atomic E-state index is 13.3. The molecule has 0 saturated carbocycles. The lowest BCUT2D eigenvalue weighted by Crippen LogP contribution is -2.36. The fraction of sp³-hybridized carbons (Fsp3) is 0.160. The Morgan fingerprint density at radius 1 is 0.943 bits per heavy atom. The average Bonchev–Trinajstić information content (AvgIpc) is 3.40. The number of halogens is 4. The third-order valence-corrected chi connectivity index (χ3v) is 5.50. The minimum Gasteiger partial charge on any atom is -0.475 e. The summed E-state index contributed by atoms with van der Waals surface area (Å²) in [6.07, 6.45) is -1.60. The van der Waals surface area contributed by atoms with Gasteiger partial charge in [0.25, 0.3) is 5.91 Å². The number of imidazole rings is 1. The molecule has 2 heterocycles. The van der Waals surface area contributed by atoms with Gasteiger partial charge in [0.15, 0.2) is 0 Å². The molecule has 1 aliphatic carbocycles. The van der Waals surface area contributed by atoms with Crippen LogP contribution in [0.5, 0.6) is 0 Å². The van der Waals surface area contributed by atoms with Gasteiger partial charge in [-0.25, -0.2) is 14.2 Å². The van der Waals surface area contributed by atoms with Gasteiger partial charge in [-0.2, -0.15) is 13.2 Å². The van der Waals surface area contributed by atoms with Gasteiger partial charge in [0.05, 0.1) is 11.2 Å². The van der Waals surface area contributed by atoms with Crippen LogP contribution in [0, 0.1) is 5.82 Å². The third-order valence-electron chi connectivity index (χ3n) is 5.50. The van der Waals surface area contributed by atoms with E-state index in [2.05, 4.69) is 22.4 Å². The second kappa shape index (κ2) is 9.57. The summed E-state index contributed by atoms with van der Waals surface area (Å²) < 4.78 is 46.8. The number of carbonyl (C=O) groups is 2. The van der Waals surface area contributed by atoms with Crippen molar-refractivity contribution in [3.63, 3.8) is 0 Å². The smallest absolute Gasteiger partial charge is 0.475 e. The van der Waals surface area contributed by atoms with E-state index in [9.17, 15) is 22.4 Å². The number of alkyl halides is 3. The highest BCUT2D eigenvalue weighted by Gasteiger charge is 2.38. The molecular formula is C25H19F4N3O3. The summed E-state index contributed by atoms with van der Waals surface area (Å²) in [7, 11) is 0. The van der Waals surface area contributed by atoms with E-state index in [0.29, 0.717) is 11.5 Å². The van der Waals surface area contributed by atoms with Crippen LogP contribution in [0.3, 0.4) is 0 Å². The molecule has 0 saturated heterocycles. The molecule has 0 unspecified atom stereocenters. The number of benzene rings is 2. The molecule has 0 radical (unpaired) electrons. The minimum atomic E-state index is -5.08. The Balaban J connectivity index is 0.000000364. The number of nitrogens with one attached hydrogen (secondary N) is 1. The first-order chi connectivity index (χ1) is 16.6. The molecule has 10 heteroatoms. The summed E-state index contributed by atoms with van der Waals surface area (Å²) in [5.74, 6) is -2.92. The van der Waals surface area contributed by atoms with Crippen molar-refractivity contribution >= 4 is 17.4 Å². The number of carboxylic acids is 1. The second-order valence-corrected chi connectivity index (χ2v) is 7.90. The van der Waals surface area contributed by atoms with E-state index in [1.165, 1.54) is 23.3 Å². The largest absolute Gasteiger partial charge is 0.490 e. The molecule has 0 fully saturated rings. The van der Waals surface area contributed by atoms with Crippen molar-refractivity contribution in [1.82, 2.24) is 14.7 Å². The standard InChI is InChI=1S/C23H18FN3O.C2HF3O2/c24-18-10-8-15(9-11-18)21-20-7-3-4-12-27(20)22(26-21)23(28)25-19-13-16-5-1-2-6-17(16)14-19;3-2(4,5)1(6)7/h1-12,19H,13-14H2,(H,25,28);(H,6,7). The topological polar surface area (TPSA) is 83.7 Å². The van der Waals surface area contributed by atoms with Gasteiger partial charge in [-0.1, -0.05) is 30.3 Å². The van der Waals surface area contributed by atoms with Gasteiger partial charge in [0.2, 0.25) is 5.82 Å². The minimum absolute atomic E-state index is 0.0650. The van der Waals surface area contributed by atoms with Crippen molar-refractivity contribution in [3.8, 4) is 11.3 Å². The molecule has 180 valence electrons. The quantitative estimate of drug-likeness (QED) is 0.413. The second-order valence-electron chi connectivity index (χ2n) is 7.90. The lowest BCUT2D eigenvalue weighted by atomic mass is 10.1. The van der Waals surface area contributed by atoms with Crippen LogP contribution in [0.1, 0.15) is 21.7 Å². The van der Waals surface area contributed by atoms with Crippen LogP contribution >= 0.6 is 0 Å². The van der Waals surface area contributed by atoms with E-state index >= 15 is 0 Å². The van der Waals surface area contributed by atoms with Crippen molar-refractivity contribution in [2.24, 2.45) is 0 Å². The fourth-order valence-corrected chi connectivity index (χ4v) is 3.93. The fourth-order valence-electron chi connectivity index (χ4n) is 3.93. The Bertz CT molecular complexity index is 1360. The highest BCUT2D eigenvalue weighted by molar-refractivity contribution is 5.94. The van der Waals surface area contributed by atoms with Crippen LogP contribution in [0.2, 0.25) is 0 Å². The first-order valence-corrected chi connectivity index (χ1v) is 10.5. The zero-order valence-corrected chi connectivity index (χ0v) is 18.1. The SMILES string of the molecule is O=C(NC1Cc2ccccc2C1)c1nc(-c2ccc(F)cc2)c2ccccn12.O=C(O)C(F)(F)F. The number of carbonyl (C=O) groups excluding carboxylic acids is 1. The maximum atomic E-state index is 13.3. The van der Waals surface area contributed by atoms with Crippen LogP contribution in [0.15, 0.2) is 72.9 Å². The first-order valence-electron chi connectivity index (χ1n) is 10.5. The van der Waals surface area contributed by atoms with Gasteiger partial charge >= 0.3 is 12.1 Å². The number of nitrogens with zero attached hydrogens (tertiary/aromatic N) is 2. The van der Waals surface area contributed by atoms with Crippen LogP contribution in [-0.2, 0) is 17.6 Å². The van der Waals surface area contributed by atoms with Gasteiger partial charge in [0.1, 0.15) is 5.82 Å². The number of hydrogen-bond acceptors (Lipinski definition) is 3. The molecule has 1 amide bonds. The molecule has 6 nitrogen and oxygen atoms in total. The van der Waals surface area contributed by atoms with Gasteiger partial charge < -0.3 is 10.4 Å². The molecule has 2 aromatic carbocycles. The van der Waals surface area contributed by atoms with Crippen LogP contribution in [-0.4, -0.2) is 38.6 Å². The summed E-state index contributed by atoms with van der Waals surface area (Å²) in [6, 6.07) is 20.2. The molecule has 0 bridgehead atoms. The number of amides is 1. The molecule has 4 aromatic rings. The molecule has 0 aliphatic heterocycles. The van der Waals surface area contributed by atoms with Crippen LogP contribution < -0.4 is 5.32 Å². The summed E-state index contributed by atoms with van der Waals surface area (Å²) in [5, 5.41) is 10.3. The lowest BCUT2D eigenvalue weighted by Gasteiger charge is -2.11. The number of aliphatic carboxylic acids is 1.